The van der Waals surface area contributed by atoms with E-state index in [9.17, 15) is 24.6 Å². The zero-order valence-corrected chi connectivity index (χ0v) is 38.6. The quantitative estimate of drug-likeness (QED) is 0.129. The third-order valence-electron chi connectivity index (χ3n) is 10.3. The molecule has 0 aromatic rings. The molecule has 0 spiro atoms. The Morgan fingerprint density at radius 3 is 1.61 bits per heavy atom. The van der Waals surface area contributed by atoms with Crippen LogP contribution in [0.15, 0.2) is 38.0 Å². The van der Waals surface area contributed by atoms with Gasteiger partial charge in [0.05, 0.1) is 42.5 Å². The first kappa shape index (κ1) is 62.2. The number of rotatable bonds is 9. The van der Waals surface area contributed by atoms with Crippen molar-refractivity contribution in [1.82, 2.24) is 15.5 Å². The van der Waals surface area contributed by atoms with Gasteiger partial charge >= 0.3 is 18.3 Å². The number of nitrogens with zero attached hydrogens (tertiary/aromatic N) is 1. The van der Waals surface area contributed by atoms with Crippen LogP contribution in [0.5, 0.6) is 0 Å². The van der Waals surface area contributed by atoms with Crippen molar-refractivity contribution in [1.29, 1.82) is 0 Å². The third-order valence-corrected chi connectivity index (χ3v) is 10.3. The predicted octanol–water partition coefficient (Wildman–Crippen LogP) is 10.7. The lowest BCUT2D eigenvalue weighted by Gasteiger charge is -2.44. The van der Waals surface area contributed by atoms with Crippen LogP contribution in [0.3, 0.4) is 0 Å². The molecular formula is C48H93N3O10. The van der Waals surface area contributed by atoms with Crippen molar-refractivity contribution < 1.29 is 48.3 Å². The van der Waals surface area contributed by atoms with E-state index >= 15 is 0 Å². The number of ether oxygens (including phenoxy) is 5. The lowest BCUT2D eigenvalue weighted by molar-refractivity contribution is -0.280. The molecule has 3 heterocycles. The molecule has 3 amide bonds. The van der Waals surface area contributed by atoms with E-state index in [1.165, 1.54) is 0 Å². The first-order valence-electron chi connectivity index (χ1n) is 21.0. The van der Waals surface area contributed by atoms with Crippen molar-refractivity contribution >= 4 is 18.3 Å². The number of aliphatic hydroxyl groups excluding tert-OH is 1. The molecule has 0 aromatic carbocycles. The Hall–Kier alpha value is -3.13. The molecule has 13 heteroatoms. The maximum Gasteiger partial charge on any atom is 0.410 e. The largest absolute Gasteiger partial charge is 0.444 e. The minimum absolute atomic E-state index is 0. The molecule has 360 valence electrons. The second-order valence-corrected chi connectivity index (χ2v) is 19.4. The summed E-state index contributed by atoms with van der Waals surface area (Å²) in [6.45, 7) is 39.4. The maximum atomic E-state index is 12.4. The summed E-state index contributed by atoms with van der Waals surface area (Å²) in [5.74, 6) is -0.566. The van der Waals surface area contributed by atoms with Gasteiger partial charge in [0, 0.05) is 18.4 Å². The van der Waals surface area contributed by atoms with Gasteiger partial charge in [0.25, 0.3) is 0 Å². The third kappa shape index (κ3) is 21.7. The van der Waals surface area contributed by atoms with Gasteiger partial charge in [0.15, 0.2) is 5.79 Å². The number of hydrogen-bond acceptors (Lipinski definition) is 10. The zero-order valence-electron chi connectivity index (χ0n) is 38.6. The SMILES string of the molecule is C.C.C.C=CCC1(O)O[C@H](C)[C@H](NC(=O)OC(C)(C)C)C[C@@H]1C.C=CCC1[C@@H](C)CC([C@@H](C)O)N1C(=O)OC(C)(C)C.C=CC[C@@H]1O[C@H](C)[C@H](NC(=O)OC(C)(C)C)C[C@@H]1C. The summed E-state index contributed by atoms with van der Waals surface area (Å²) in [7, 11) is 0. The van der Waals surface area contributed by atoms with Crippen LogP contribution in [-0.4, -0.2) is 105 Å². The van der Waals surface area contributed by atoms with Gasteiger partial charge in [0.2, 0.25) is 0 Å². The summed E-state index contributed by atoms with van der Waals surface area (Å²) in [6, 6.07) is -0.280. The summed E-state index contributed by atoms with van der Waals surface area (Å²) in [5, 5.41) is 26.0. The van der Waals surface area contributed by atoms with Gasteiger partial charge in [-0.2, -0.15) is 0 Å². The van der Waals surface area contributed by atoms with Crippen LogP contribution in [0.4, 0.5) is 14.4 Å². The van der Waals surface area contributed by atoms with E-state index in [4.69, 9.17) is 23.7 Å². The maximum absolute atomic E-state index is 12.4. The molecule has 4 N–H and O–H groups in total. The van der Waals surface area contributed by atoms with Crippen molar-refractivity contribution in [2.45, 2.75) is 236 Å². The van der Waals surface area contributed by atoms with Crippen LogP contribution in [0, 0.1) is 17.8 Å². The van der Waals surface area contributed by atoms with Crippen molar-refractivity contribution in [3.8, 4) is 0 Å². The molecule has 0 aromatic heterocycles. The second kappa shape index (κ2) is 26.5. The number of aliphatic hydroxyl groups is 2. The minimum Gasteiger partial charge on any atom is -0.444 e. The van der Waals surface area contributed by atoms with E-state index in [-0.39, 0.29) is 82.9 Å². The van der Waals surface area contributed by atoms with Crippen LogP contribution >= 0.6 is 0 Å². The molecule has 3 aliphatic heterocycles. The molecule has 0 saturated carbocycles. The monoisotopic (exact) mass is 872 g/mol. The molecule has 3 rings (SSSR count). The van der Waals surface area contributed by atoms with Crippen LogP contribution in [-0.2, 0) is 23.7 Å². The van der Waals surface area contributed by atoms with Crippen LogP contribution in [0.2, 0.25) is 0 Å². The number of carbonyl (C=O) groups is 3. The van der Waals surface area contributed by atoms with Crippen LogP contribution in [0.25, 0.3) is 0 Å². The number of amides is 3. The predicted molar refractivity (Wildman–Crippen MR) is 249 cm³/mol. The average molecular weight is 872 g/mol. The Balaban J connectivity index is -0.000000808. The molecule has 0 aliphatic carbocycles. The first-order valence-corrected chi connectivity index (χ1v) is 21.0. The van der Waals surface area contributed by atoms with E-state index < -0.39 is 34.8 Å². The van der Waals surface area contributed by atoms with Crippen molar-refractivity contribution in [2.24, 2.45) is 17.8 Å². The van der Waals surface area contributed by atoms with Crippen LogP contribution < -0.4 is 10.6 Å². The molecule has 13 nitrogen and oxygen atoms in total. The van der Waals surface area contributed by atoms with E-state index in [1.807, 2.05) is 95.2 Å². The van der Waals surface area contributed by atoms with Gasteiger partial charge in [-0.15, -0.1) is 19.7 Å². The van der Waals surface area contributed by atoms with Crippen molar-refractivity contribution in [3.63, 3.8) is 0 Å². The fourth-order valence-electron chi connectivity index (χ4n) is 7.41. The van der Waals surface area contributed by atoms with E-state index in [2.05, 4.69) is 44.2 Å². The van der Waals surface area contributed by atoms with Gasteiger partial charge < -0.3 is 44.5 Å². The van der Waals surface area contributed by atoms with Gasteiger partial charge in [-0.1, -0.05) is 61.3 Å². The van der Waals surface area contributed by atoms with Gasteiger partial charge in [-0.05, 0) is 127 Å². The molecule has 0 bridgehead atoms. The minimum atomic E-state index is -1.20. The van der Waals surface area contributed by atoms with Gasteiger partial charge in [-0.3, -0.25) is 4.90 Å². The second-order valence-electron chi connectivity index (χ2n) is 19.4. The summed E-state index contributed by atoms with van der Waals surface area (Å²) >= 11 is 0. The molecule has 12 atom stereocenters. The summed E-state index contributed by atoms with van der Waals surface area (Å²) in [6.07, 6.45) is 7.82. The van der Waals surface area contributed by atoms with Gasteiger partial charge in [-0.25, -0.2) is 14.4 Å². The lowest BCUT2D eigenvalue weighted by atomic mass is 9.85. The standard InChI is InChI=1S/C15H27NO4.2C15H27NO3.3CH4/c1-7-8-15(18)10(2)9-12(11(3)19-15)16-13(17)20-14(4,5)6;1-7-8-13-10(2)9-12(11(3)18-13)16-14(17)19-15(4,5)6;1-7-8-12-10(2)9-13(11(3)17)16(12)14(18)19-15(4,5)6;;;/h7,10-12,18H,1,8-9H2,2-6H3,(H,16,17);7,10-13H,1,8-9H2,2-6H3,(H,16,17);7,10-13,17H,1,8-9H2,2-6H3;3*1H4/t10-,11+,12+,15?;10-,11+,12+,13-;10-,11+,12?,13?;;;/m000.../s1. The topological polar surface area (TPSA) is 165 Å². The van der Waals surface area contributed by atoms with E-state index in [0.717, 1.165) is 25.7 Å². The Morgan fingerprint density at radius 2 is 1.20 bits per heavy atom. The Bertz CT molecular complexity index is 1340. The number of alkyl carbamates (subject to hydrolysis) is 2. The molecule has 3 unspecified atom stereocenters. The first-order chi connectivity index (χ1) is 26.5. The summed E-state index contributed by atoms with van der Waals surface area (Å²) in [4.78, 5) is 37.7. The normalized spacial score (nSPS) is 30.2. The number of hydrogen-bond donors (Lipinski definition) is 4. The molecule has 61 heavy (non-hydrogen) atoms. The van der Waals surface area contributed by atoms with E-state index in [0.29, 0.717) is 24.7 Å². The highest BCUT2D eigenvalue weighted by Crippen LogP contribution is 2.36. The van der Waals surface area contributed by atoms with E-state index in [1.54, 1.807) is 17.9 Å². The van der Waals surface area contributed by atoms with Crippen molar-refractivity contribution in [3.05, 3.63) is 38.0 Å². The van der Waals surface area contributed by atoms with Gasteiger partial charge in [0.1, 0.15) is 16.8 Å². The molecular weight excluding hydrogens is 779 g/mol. The zero-order chi connectivity index (χ0) is 45.0. The lowest BCUT2D eigenvalue weighted by Crippen LogP contribution is -2.57. The molecule has 0 radical (unpaired) electrons. The number of nitrogens with one attached hydrogen (secondary N) is 2. The Morgan fingerprint density at radius 1 is 0.738 bits per heavy atom. The fourth-order valence-corrected chi connectivity index (χ4v) is 7.41. The molecule has 3 fully saturated rings. The van der Waals surface area contributed by atoms with Crippen LogP contribution in [0.1, 0.15) is 165 Å². The van der Waals surface area contributed by atoms with Crippen molar-refractivity contribution in [2.75, 3.05) is 0 Å². The highest BCUT2D eigenvalue weighted by Gasteiger charge is 2.45. The molecule has 3 saturated heterocycles. The highest BCUT2D eigenvalue weighted by molar-refractivity contribution is 5.70. The summed E-state index contributed by atoms with van der Waals surface area (Å²) in [5.41, 5.74) is -1.53. The smallest absolute Gasteiger partial charge is 0.410 e. The average Bonchev–Trinajstić information content (AvgIpc) is 3.37. The highest BCUT2D eigenvalue weighted by atomic mass is 16.6. The fraction of sp³-hybridized carbons (Fsp3) is 0.812. The number of likely N-dealkylation sites (tertiary alicyclic amines) is 1. The Kier molecular flexibility index (Phi) is 27.0. The summed E-state index contributed by atoms with van der Waals surface area (Å²) < 4.78 is 27.6. The molecule has 3 aliphatic rings. The Labute approximate surface area is 372 Å². The number of carbonyl (C=O) groups excluding carboxylic acids is 3.